The number of methoxy groups -OCH3 is 1. The van der Waals surface area contributed by atoms with Crippen LogP contribution in [0.5, 0.6) is 0 Å². The molecule has 2 fully saturated rings. The number of esters is 1. The first-order valence-corrected chi connectivity index (χ1v) is 10.3. The molecule has 27 heavy (non-hydrogen) atoms. The maximum absolute atomic E-state index is 12.5. The Morgan fingerprint density at radius 2 is 2.04 bits per heavy atom. The van der Waals surface area contributed by atoms with Gasteiger partial charge in [-0.15, -0.1) is 11.3 Å². The number of anilines is 1. The van der Waals surface area contributed by atoms with Crippen molar-refractivity contribution in [2.24, 2.45) is 0 Å². The van der Waals surface area contributed by atoms with Crippen molar-refractivity contribution in [3.8, 4) is 0 Å². The highest BCUT2D eigenvalue weighted by atomic mass is 32.1. The lowest BCUT2D eigenvalue weighted by Gasteiger charge is -2.34. The number of hydrogen-bond acceptors (Lipinski definition) is 6. The molecule has 2 aliphatic heterocycles. The van der Waals surface area contributed by atoms with E-state index in [0.29, 0.717) is 24.7 Å². The van der Waals surface area contributed by atoms with Gasteiger partial charge in [0.2, 0.25) is 0 Å². The zero-order valence-corrected chi connectivity index (χ0v) is 17.0. The van der Waals surface area contributed by atoms with Crippen LogP contribution < -0.4 is 4.90 Å². The van der Waals surface area contributed by atoms with Crippen molar-refractivity contribution in [3.05, 3.63) is 16.0 Å². The topological polar surface area (TPSA) is 79.3 Å². The molecular weight excluding hydrogens is 368 g/mol. The minimum absolute atomic E-state index is 0.0426. The fraction of sp³-hybridized carbons (Fsp3) is 0.684. The summed E-state index contributed by atoms with van der Waals surface area (Å²) in [5.74, 6) is -0.289. The monoisotopic (exact) mass is 396 g/mol. The highest BCUT2D eigenvalue weighted by Gasteiger charge is 2.35. The SMILES string of the molecule is CCN(c1sc(C2CCN(C(=O)O)C2)c(C(=O)OC)c1C)C1CCOCC1. The lowest BCUT2D eigenvalue weighted by molar-refractivity contribution is 0.0599. The standard InChI is InChI=1S/C19H28N2O5S/c1-4-21(14-6-9-26-10-7-14)17-12(2)15(18(22)25-3)16(27-17)13-5-8-20(11-13)19(23)24/h13-14H,4-11H2,1-3H3,(H,23,24). The number of carboxylic acid groups (broad SMARTS) is 1. The molecule has 2 saturated heterocycles. The Bertz CT molecular complexity index is 699. The first-order chi connectivity index (χ1) is 13.0. The van der Waals surface area contributed by atoms with Gasteiger partial charge in [-0.25, -0.2) is 9.59 Å². The number of likely N-dealkylation sites (tertiary alicyclic amines) is 1. The third kappa shape index (κ3) is 3.91. The predicted molar refractivity (Wildman–Crippen MR) is 104 cm³/mol. The fourth-order valence-corrected chi connectivity index (χ4v) is 5.71. The summed E-state index contributed by atoms with van der Waals surface area (Å²) < 4.78 is 10.6. The van der Waals surface area contributed by atoms with Crippen LogP contribution >= 0.6 is 11.3 Å². The lowest BCUT2D eigenvalue weighted by Crippen LogP contribution is -2.39. The van der Waals surface area contributed by atoms with E-state index in [1.165, 1.54) is 12.0 Å². The molecule has 2 aliphatic rings. The number of nitrogens with zero attached hydrogens (tertiary/aromatic N) is 2. The van der Waals surface area contributed by atoms with Gasteiger partial charge in [0.25, 0.3) is 0 Å². The van der Waals surface area contributed by atoms with Crippen LogP contribution in [0.2, 0.25) is 0 Å². The van der Waals surface area contributed by atoms with E-state index in [2.05, 4.69) is 11.8 Å². The highest BCUT2D eigenvalue weighted by molar-refractivity contribution is 7.16. The minimum atomic E-state index is -0.900. The molecular formula is C19H28N2O5S. The lowest BCUT2D eigenvalue weighted by atomic mass is 10.00. The largest absolute Gasteiger partial charge is 0.465 e. The first-order valence-electron chi connectivity index (χ1n) is 9.51. The Morgan fingerprint density at radius 1 is 1.33 bits per heavy atom. The Morgan fingerprint density at radius 3 is 2.59 bits per heavy atom. The van der Waals surface area contributed by atoms with Crippen molar-refractivity contribution in [2.75, 3.05) is 44.9 Å². The van der Waals surface area contributed by atoms with Gasteiger partial charge in [-0.3, -0.25) is 0 Å². The van der Waals surface area contributed by atoms with Gasteiger partial charge in [0.15, 0.2) is 0 Å². The zero-order chi connectivity index (χ0) is 19.6. The van der Waals surface area contributed by atoms with Gasteiger partial charge in [-0.1, -0.05) is 0 Å². The predicted octanol–water partition coefficient (Wildman–Crippen LogP) is 3.32. The maximum atomic E-state index is 12.5. The van der Waals surface area contributed by atoms with Crippen LogP contribution in [0.3, 0.4) is 0 Å². The molecule has 1 aromatic rings. The van der Waals surface area contributed by atoms with Gasteiger partial charge < -0.3 is 24.4 Å². The summed E-state index contributed by atoms with van der Waals surface area (Å²) in [5.41, 5.74) is 1.57. The van der Waals surface area contributed by atoms with Crippen LogP contribution in [0, 0.1) is 6.92 Å². The molecule has 150 valence electrons. The van der Waals surface area contributed by atoms with E-state index in [0.717, 1.165) is 54.5 Å². The average molecular weight is 397 g/mol. The molecule has 0 spiro atoms. The third-order valence-corrected chi connectivity index (χ3v) is 7.09. The van der Waals surface area contributed by atoms with Crippen LogP contribution in [-0.2, 0) is 9.47 Å². The quantitative estimate of drug-likeness (QED) is 0.769. The molecule has 8 heteroatoms. The van der Waals surface area contributed by atoms with E-state index in [4.69, 9.17) is 9.47 Å². The summed E-state index contributed by atoms with van der Waals surface area (Å²) in [6.45, 7) is 7.43. The molecule has 3 heterocycles. The first kappa shape index (κ1) is 19.9. The summed E-state index contributed by atoms with van der Waals surface area (Å²) in [6.07, 6.45) is 1.79. The minimum Gasteiger partial charge on any atom is -0.465 e. The number of rotatable bonds is 5. The van der Waals surface area contributed by atoms with E-state index in [1.54, 1.807) is 11.3 Å². The smallest absolute Gasteiger partial charge is 0.407 e. The highest BCUT2D eigenvalue weighted by Crippen LogP contribution is 2.44. The molecule has 1 aromatic heterocycles. The molecule has 1 atom stereocenters. The zero-order valence-electron chi connectivity index (χ0n) is 16.2. The second-order valence-electron chi connectivity index (χ2n) is 7.11. The van der Waals surface area contributed by atoms with Crippen LogP contribution in [0.15, 0.2) is 0 Å². The van der Waals surface area contributed by atoms with Crippen molar-refractivity contribution in [2.45, 2.75) is 45.1 Å². The van der Waals surface area contributed by atoms with Gasteiger partial charge in [-0.2, -0.15) is 0 Å². The Kier molecular flexibility index (Phi) is 6.26. The molecule has 0 radical (unpaired) electrons. The molecule has 0 aromatic carbocycles. The number of ether oxygens (including phenoxy) is 2. The van der Waals surface area contributed by atoms with Crippen LogP contribution in [0.1, 0.15) is 52.9 Å². The molecule has 1 N–H and O–H groups in total. The van der Waals surface area contributed by atoms with Gasteiger partial charge in [0, 0.05) is 49.7 Å². The molecule has 1 amide bonds. The van der Waals surface area contributed by atoms with Crippen molar-refractivity contribution in [1.29, 1.82) is 0 Å². The molecule has 3 rings (SSSR count). The van der Waals surface area contributed by atoms with Crippen LogP contribution in [0.25, 0.3) is 0 Å². The van der Waals surface area contributed by atoms with Crippen molar-refractivity contribution in [3.63, 3.8) is 0 Å². The summed E-state index contributed by atoms with van der Waals surface area (Å²) in [4.78, 5) is 28.6. The Hall–Kier alpha value is -1.80. The number of carbonyl (C=O) groups excluding carboxylic acids is 1. The number of carbonyl (C=O) groups is 2. The Labute approximate surface area is 163 Å². The maximum Gasteiger partial charge on any atom is 0.407 e. The molecule has 1 unspecified atom stereocenters. The van der Waals surface area contributed by atoms with E-state index in [9.17, 15) is 14.7 Å². The van der Waals surface area contributed by atoms with E-state index >= 15 is 0 Å². The van der Waals surface area contributed by atoms with Gasteiger partial charge in [0.1, 0.15) is 0 Å². The Balaban J connectivity index is 1.97. The van der Waals surface area contributed by atoms with Crippen molar-refractivity contribution in [1.82, 2.24) is 4.90 Å². The second-order valence-corrected chi connectivity index (χ2v) is 8.14. The fourth-order valence-electron chi connectivity index (χ4n) is 4.15. The molecule has 7 nitrogen and oxygen atoms in total. The molecule has 0 saturated carbocycles. The summed E-state index contributed by atoms with van der Waals surface area (Å²) in [7, 11) is 1.40. The number of hydrogen-bond donors (Lipinski definition) is 1. The van der Waals surface area contributed by atoms with Crippen LogP contribution in [-0.4, -0.2) is 68.1 Å². The van der Waals surface area contributed by atoms with E-state index in [-0.39, 0.29) is 11.9 Å². The molecule has 0 bridgehead atoms. The molecule has 0 aliphatic carbocycles. The van der Waals surface area contributed by atoms with Gasteiger partial charge in [0.05, 0.1) is 17.7 Å². The number of amides is 1. The summed E-state index contributed by atoms with van der Waals surface area (Å²) in [6, 6.07) is 0.401. The number of thiophene rings is 1. The van der Waals surface area contributed by atoms with Crippen molar-refractivity contribution >= 4 is 28.4 Å². The second kappa shape index (κ2) is 8.48. The van der Waals surface area contributed by atoms with E-state index in [1.807, 2.05) is 6.92 Å². The van der Waals surface area contributed by atoms with E-state index < -0.39 is 6.09 Å². The van der Waals surface area contributed by atoms with Gasteiger partial charge in [-0.05, 0) is 38.7 Å². The summed E-state index contributed by atoms with van der Waals surface area (Å²) in [5, 5.41) is 10.4. The summed E-state index contributed by atoms with van der Waals surface area (Å²) >= 11 is 1.63. The van der Waals surface area contributed by atoms with Gasteiger partial charge >= 0.3 is 12.1 Å². The van der Waals surface area contributed by atoms with Crippen molar-refractivity contribution < 1.29 is 24.2 Å². The third-order valence-electron chi connectivity index (χ3n) is 5.60. The average Bonchev–Trinajstić information content (AvgIpc) is 3.28. The normalized spacial score (nSPS) is 20.7. The van der Waals surface area contributed by atoms with Crippen LogP contribution in [0.4, 0.5) is 9.80 Å².